The quantitative estimate of drug-likeness (QED) is 0.241. The van der Waals surface area contributed by atoms with Gasteiger partial charge >= 0.3 is 5.97 Å². The van der Waals surface area contributed by atoms with E-state index in [-0.39, 0.29) is 24.9 Å². The molecule has 0 aromatic rings. The number of esters is 1. The second-order valence-corrected chi connectivity index (χ2v) is 5.18. The van der Waals surface area contributed by atoms with E-state index in [1.165, 1.54) is 0 Å². The number of rotatable bonds is 11. The molecule has 0 aromatic heterocycles. The van der Waals surface area contributed by atoms with E-state index in [1.54, 1.807) is 0 Å². The van der Waals surface area contributed by atoms with Gasteiger partial charge in [-0.05, 0) is 12.8 Å². The van der Waals surface area contributed by atoms with Crippen LogP contribution >= 0.6 is 0 Å². The minimum Gasteiger partial charge on any atom is -0.467 e. The molecule has 0 N–H and O–H groups in total. The second-order valence-electron chi connectivity index (χ2n) is 5.18. The third kappa shape index (κ3) is 6.58. The van der Waals surface area contributed by atoms with Crippen LogP contribution in [0.5, 0.6) is 0 Å². The summed E-state index contributed by atoms with van der Waals surface area (Å²) in [4.78, 5) is 11.6. The Labute approximate surface area is 141 Å². The number of hydrogen-bond acceptors (Lipinski definition) is 8. The molecule has 2 saturated heterocycles. The average Bonchev–Trinajstić information content (AvgIpc) is 3.26. The lowest BCUT2D eigenvalue weighted by Gasteiger charge is -2.14. The molecule has 0 aromatic carbocycles. The fraction of sp³-hybridized carbons (Fsp3) is 0.688. The molecule has 8 nitrogen and oxygen atoms in total. The molecule has 0 bridgehead atoms. The molecule has 24 heavy (non-hydrogen) atoms. The molecule has 0 radical (unpaired) electrons. The molecule has 2 rings (SSSR count). The zero-order valence-electron chi connectivity index (χ0n) is 13.7. The maximum Gasteiger partial charge on any atom is 0.311 e. The van der Waals surface area contributed by atoms with Crippen LogP contribution < -0.4 is 0 Å². The number of carbonyl (C=O) groups is 1. The van der Waals surface area contributed by atoms with Crippen molar-refractivity contribution in [3.63, 3.8) is 0 Å². The molecule has 8 heteroatoms. The number of unbranched alkanes of at least 4 members (excludes halogenated alkanes) is 1. The maximum atomic E-state index is 11.6. The summed E-state index contributed by atoms with van der Waals surface area (Å²) in [7, 11) is 0. The van der Waals surface area contributed by atoms with Gasteiger partial charge in [0.2, 0.25) is 12.6 Å². The summed E-state index contributed by atoms with van der Waals surface area (Å²) in [5.41, 5.74) is 0. The average molecular weight is 344 g/mol. The molecular formula is C16H24O8. The molecule has 0 aliphatic carbocycles. The Kier molecular flexibility index (Phi) is 8.20. The Balaban J connectivity index is 1.42. The minimum atomic E-state index is -0.643. The summed E-state index contributed by atoms with van der Waals surface area (Å²) in [6.07, 6.45) is 0.449. The van der Waals surface area contributed by atoms with Crippen LogP contribution in [0.3, 0.4) is 0 Å². The zero-order chi connectivity index (χ0) is 17.2. The van der Waals surface area contributed by atoms with Gasteiger partial charge in [0.1, 0.15) is 5.76 Å². The highest BCUT2D eigenvalue weighted by Crippen LogP contribution is 2.15. The van der Waals surface area contributed by atoms with Crippen LogP contribution in [0.1, 0.15) is 19.3 Å². The normalized spacial score (nSPS) is 18.7. The summed E-state index contributed by atoms with van der Waals surface area (Å²) in [6, 6.07) is 0. The molecule has 2 heterocycles. The van der Waals surface area contributed by atoms with Crippen LogP contribution in [0.4, 0.5) is 0 Å². The van der Waals surface area contributed by atoms with Gasteiger partial charge in [-0.25, -0.2) is 0 Å². The van der Waals surface area contributed by atoms with Crippen LogP contribution in [-0.2, 0) is 38.0 Å². The predicted molar refractivity (Wildman–Crippen MR) is 81.5 cm³/mol. The van der Waals surface area contributed by atoms with E-state index in [0.29, 0.717) is 51.6 Å². The monoisotopic (exact) mass is 344 g/mol. The third-order valence-corrected chi connectivity index (χ3v) is 3.26. The smallest absolute Gasteiger partial charge is 0.311 e. The highest BCUT2D eigenvalue weighted by Gasteiger charge is 2.22. The Bertz CT molecular complexity index is 424. The van der Waals surface area contributed by atoms with Gasteiger partial charge in [0.05, 0.1) is 33.0 Å². The van der Waals surface area contributed by atoms with Crippen molar-refractivity contribution in [2.75, 3.05) is 39.8 Å². The Morgan fingerprint density at radius 1 is 0.917 bits per heavy atom. The van der Waals surface area contributed by atoms with E-state index in [4.69, 9.17) is 33.2 Å². The Hall–Kier alpha value is -1.45. The van der Waals surface area contributed by atoms with Crippen LogP contribution in [0.2, 0.25) is 0 Å². The number of hydrogen-bond donors (Lipinski definition) is 0. The van der Waals surface area contributed by atoms with Gasteiger partial charge in [-0.15, -0.1) is 0 Å². The Morgan fingerprint density at radius 2 is 1.50 bits per heavy atom. The van der Waals surface area contributed by atoms with Gasteiger partial charge < -0.3 is 33.2 Å². The largest absolute Gasteiger partial charge is 0.467 e. The molecule has 0 saturated carbocycles. The van der Waals surface area contributed by atoms with Gasteiger partial charge in [0.15, 0.2) is 12.6 Å². The first-order valence-corrected chi connectivity index (χ1v) is 7.92. The van der Waals surface area contributed by atoms with Crippen LogP contribution in [0.15, 0.2) is 24.7 Å². The molecule has 0 atom stereocenters. The number of carbonyl (C=O) groups excluding carboxylic acids is 1. The van der Waals surface area contributed by atoms with E-state index in [0.717, 1.165) is 0 Å². The number of ether oxygens (including phenoxy) is 7. The second kappa shape index (κ2) is 10.4. The van der Waals surface area contributed by atoms with Crippen molar-refractivity contribution < 1.29 is 38.0 Å². The van der Waals surface area contributed by atoms with Crippen LogP contribution in [0, 0.1) is 0 Å². The maximum absolute atomic E-state index is 11.6. The lowest BCUT2D eigenvalue weighted by molar-refractivity contribution is -0.145. The van der Waals surface area contributed by atoms with Crippen molar-refractivity contribution >= 4 is 5.97 Å². The summed E-state index contributed by atoms with van der Waals surface area (Å²) < 4.78 is 36.5. The van der Waals surface area contributed by atoms with Crippen molar-refractivity contribution in [1.29, 1.82) is 0 Å². The van der Waals surface area contributed by atoms with Crippen molar-refractivity contribution in [2.45, 2.75) is 31.8 Å². The molecule has 2 aliphatic heterocycles. The molecule has 0 amide bonds. The van der Waals surface area contributed by atoms with Crippen molar-refractivity contribution in [1.82, 2.24) is 0 Å². The van der Waals surface area contributed by atoms with E-state index in [9.17, 15) is 4.79 Å². The molecule has 0 unspecified atom stereocenters. The summed E-state index contributed by atoms with van der Waals surface area (Å²) in [5.74, 6) is 0.224. The lowest BCUT2D eigenvalue weighted by Crippen LogP contribution is -2.16. The highest BCUT2D eigenvalue weighted by atomic mass is 16.7. The highest BCUT2D eigenvalue weighted by molar-refractivity contribution is 5.70. The van der Waals surface area contributed by atoms with Crippen molar-refractivity contribution in [3.8, 4) is 0 Å². The summed E-state index contributed by atoms with van der Waals surface area (Å²) in [6.45, 7) is 9.90. The molecule has 2 fully saturated rings. The van der Waals surface area contributed by atoms with E-state index >= 15 is 0 Å². The van der Waals surface area contributed by atoms with Crippen LogP contribution in [-0.4, -0.2) is 58.4 Å². The van der Waals surface area contributed by atoms with Gasteiger partial charge in [0, 0.05) is 6.42 Å². The minimum absolute atomic E-state index is 0.0691. The van der Waals surface area contributed by atoms with E-state index in [1.807, 2.05) is 0 Å². The predicted octanol–water partition coefficient (Wildman–Crippen LogP) is 1.46. The first-order chi connectivity index (χ1) is 11.7. The fourth-order valence-electron chi connectivity index (χ4n) is 2.05. The standard InChI is InChI=1S/C16H24O8/c1-12(15-19-7-8-20-15)23-11-18-6-4-3-5-14(17)24-13(2)16-21-9-10-22-16/h15-16H,1-11H2. The fourth-order valence-corrected chi connectivity index (χ4v) is 2.05. The first kappa shape index (κ1) is 18.9. The van der Waals surface area contributed by atoms with Gasteiger partial charge in [-0.3, -0.25) is 4.79 Å². The van der Waals surface area contributed by atoms with E-state index < -0.39 is 12.6 Å². The molecule has 136 valence electrons. The SMILES string of the molecule is C=C(OCOCCCCC(=O)OC(=C)C1OCCO1)C1OCCO1. The van der Waals surface area contributed by atoms with Gasteiger partial charge in [0.25, 0.3) is 0 Å². The molecule has 2 aliphatic rings. The van der Waals surface area contributed by atoms with Gasteiger partial charge in [-0.1, -0.05) is 13.2 Å². The third-order valence-electron chi connectivity index (χ3n) is 3.26. The van der Waals surface area contributed by atoms with Crippen LogP contribution in [0.25, 0.3) is 0 Å². The Morgan fingerprint density at radius 3 is 2.12 bits per heavy atom. The molecule has 0 spiro atoms. The zero-order valence-corrected chi connectivity index (χ0v) is 13.7. The van der Waals surface area contributed by atoms with Gasteiger partial charge in [-0.2, -0.15) is 0 Å². The first-order valence-electron chi connectivity index (χ1n) is 7.92. The van der Waals surface area contributed by atoms with E-state index in [2.05, 4.69) is 13.2 Å². The van der Waals surface area contributed by atoms with Crippen molar-refractivity contribution in [2.24, 2.45) is 0 Å². The molecular weight excluding hydrogens is 320 g/mol. The topological polar surface area (TPSA) is 81.7 Å². The van der Waals surface area contributed by atoms with Crippen molar-refractivity contribution in [3.05, 3.63) is 24.7 Å². The lowest BCUT2D eigenvalue weighted by atomic mass is 10.2. The summed E-state index contributed by atoms with van der Waals surface area (Å²) >= 11 is 0. The summed E-state index contributed by atoms with van der Waals surface area (Å²) in [5, 5.41) is 0.